The van der Waals surface area contributed by atoms with E-state index in [0.29, 0.717) is 6.54 Å². The van der Waals surface area contributed by atoms with E-state index < -0.39 is 5.41 Å². The number of carbonyl (C=O) groups excluding carboxylic acids is 1. The van der Waals surface area contributed by atoms with Crippen LogP contribution in [0, 0.1) is 0 Å². The van der Waals surface area contributed by atoms with Gasteiger partial charge in [0.1, 0.15) is 5.75 Å². The lowest BCUT2D eigenvalue weighted by Crippen LogP contribution is -2.39. The van der Waals surface area contributed by atoms with Gasteiger partial charge in [-0.05, 0) is 37.1 Å². The van der Waals surface area contributed by atoms with Crippen LogP contribution in [-0.4, -0.2) is 13.0 Å². The van der Waals surface area contributed by atoms with Gasteiger partial charge >= 0.3 is 0 Å². The zero-order chi connectivity index (χ0) is 15.3. The Hall–Kier alpha value is -2.29. The zero-order valence-corrected chi connectivity index (χ0v) is 12.7. The summed E-state index contributed by atoms with van der Waals surface area (Å²) in [6, 6.07) is 17.5. The van der Waals surface area contributed by atoms with Crippen molar-refractivity contribution in [3.63, 3.8) is 0 Å². The zero-order valence-electron chi connectivity index (χ0n) is 12.7. The average molecular weight is 283 g/mol. The Morgan fingerprint density at radius 1 is 1.05 bits per heavy atom. The molecule has 0 fully saturated rings. The van der Waals surface area contributed by atoms with Crippen molar-refractivity contribution in [2.45, 2.75) is 25.8 Å². The maximum absolute atomic E-state index is 12.4. The Kier molecular flexibility index (Phi) is 4.63. The molecule has 0 aliphatic rings. The molecule has 0 aromatic heterocycles. The van der Waals surface area contributed by atoms with Crippen molar-refractivity contribution in [1.82, 2.24) is 5.32 Å². The van der Waals surface area contributed by atoms with E-state index >= 15 is 0 Å². The molecule has 3 heteroatoms. The third-order valence-electron chi connectivity index (χ3n) is 3.68. The van der Waals surface area contributed by atoms with Crippen LogP contribution < -0.4 is 10.1 Å². The van der Waals surface area contributed by atoms with Crippen LogP contribution in [0.25, 0.3) is 0 Å². The molecule has 0 atom stereocenters. The summed E-state index contributed by atoms with van der Waals surface area (Å²) >= 11 is 0. The van der Waals surface area contributed by atoms with Gasteiger partial charge in [-0.1, -0.05) is 42.5 Å². The number of benzene rings is 2. The number of hydrogen-bond acceptors (Lipinski definition) is 2. The molecule has 0 heterocycles. The van der Waals surface area contributed by atoms with E-state index in [-0.39, 0.29) is 5.91 Å². The second kappa shape index (κ2) is 6.44. The van der Waals surface area contributed by atoms with Crippen molar-refractivity contribution in [3.8, 4) is 5.75 Å². The minimum Gasteiger partial charge on any atom is -0.497 e. The van der Waals surface area contributed by atoms with Gasteiger partial charge < -0.3 is 10.1 Å². The summed E-state index contributed by atoms with van der Waals surface area (Å²) in [6.07, 6.45) is 0. The van der Waals surface area contributed by atoms with E-state index in [0.717, 1.165) is 16.9 Å². The highest BCUT2D eigenvalue weighted by Crippen LogP contribution is 2.23. The molecule has 110 valence electrons. The van der Waals surface area contributed by atoms with Gasteiger partial charge in [-0.25, -0.2) is 0 Å². The van der Waals surface area contributed by atoms with Crippen LogP contribution in [0.2, 0.25) is 0 Å². The highest BCUT2D eigenvalue weighted by Gasteiger charge is 2.29. The van der Waals surface area contributed by atoms with Gasteiger partial charge in [-0.2, -0.15) is 0 Å². The van der Waals surface area contributed by atoms with Crippen molar-refractivity contribution >= 4 is 5.91 Å². The Morgan fingerprint density at radius 2 is 1.67 bits per heavy atom. The van der Waals surface area contributed by atoms with Crippen LogP contribution in [-0.2, 0) is 16.8 Å². The van der Waals surface area contributed by atoms with E-state index in [1.165, 1.54) is 0 Å². The molecule has 0 bridgehead atoms. The van der Waals surface area contributed by atoms with Crippen molar-refractivity contribution in [1.29, 1.82) is 0 Å². The largest absolute Gasteiger partial charge is 0.497 e. The first-order valence-electron chi connectivity index (χ1n) is 7.01. The van der Waals surface area contributed by atoms with Gasteiger partial charge in [0.05, 0.1) is 12.5 Å². The lowest BCUT2D eigenvalue weighted by atomic mass is 9.84. The molecule has 1 N–H and O–H groups in total. The molecule has 2 aromatic rings. The Bertz CT molecular complexity index is 588. The van der Waals surface area contributed by atoms with Crippen molar-refractivity contribution < 1.29 is 9.53 Å². The predicted molar refractivity (Wildman–Crippen MR) is 84.3 cm³/mol. The molecular formula is C18H21NO2. The van der Waals surface area contributed by atoms with Gasteiger partial charge in [-0.3, -0.25) is 4.79 Å². The SMILES string of the molecule is COc1ccc(CNC(=O)C(C)(C)c2ccccc2)cc1. The predicted octanol–water partition coefficient (Wildman–Crippen LogP) is 3.29. The fourth-order valence-electron chi connectivity index (χ4n) is 2.13. The van der Waals surface area contributed by atoms with Crippen molar-refractivity contribution in [2.24, 2.45) is 0 Å². The Labute approximate surface area is 126 Å². The molecule has 0 aliphatic carbocycles. The van der Waals surface area contributed by atoms with E-state index in [4.69, 9.17) is 4.74 Å². The monoisotopic (exact) mass is 283 g/mol. The fourth-order valence-corrected chi connectivity index (χ4v) is 2.13. The number of ether oxygens (including phenoxy) is 1. The molecule has 0 saturated heterocycles. The van der Waals surface area contributed by atoms with Crippen LogP contribution in [0.4, 0.5) is 0 Å². The lowest BCUT2D eigenvalue weighted by Gasteiger charge is -2.24. The summed E-state index contributed by atoms with van der Waals surface area (Å²) in [5.41, 5.74) is 1.51. The Morgan fingerprint density at radius 3 is 2.24 bits per heavy atom. The fraction of sp³-hybridized carbons (Fsp3) is 0.278. The number of carbonyl (C=O) groups is 1. The number of hydrogen-bond donors (Lipinski definition) is 1. The smallest absolute Gasteiger partial charge is 0.230 e. The maximum atomic E-state index is 12.4. The van der Waals surface area contributed by atoms with Crippen LogP contribution in [0.15, 0.2) is 54.6 Å². The summed E-state index contributed by atoms with van der Waals surface area (Å²) in [7, 11) is 1.64. The van der Waals surface area contributed by atoms with Gasteiger partial charge in [0, 0.05) is 6.54 Å². The molecule has 2 aromatic carbocycles. The van der Waals surface area contributed by atoms with Gasteiger partial charge in [0.25, 0.3) is 0 Å². The van der Waals surface area contributed by atoms with Crippen molar-refractivity contribution in [2.75, 3.05) is 7.11 Å². The molecule has 0 aliphatic heterocycles. The summed E-state index contributed by atoms with van der Waals surface area (Å²) in [4.78, 5) is 12.4. The standard InChI is InChI=1S/C18H21NO2/c1-18(2,15-7-5-4-6-8-15)17(20)19-13-14-9-11-16(21-3)12-10-14/h4-12H,13H2,1-3H3,(H,19,20). The summed E-state index contributed by atoms with van der Waals surface area (Å²) in [5.74, 6) is 0.833. The molecular weight excluding hydrogens is 262 g/mol. The number of rotatable bonds is 5. The molecule has 0 unspecified atom stereocenters. The van der Waals surface area contributed by atoms with Crippen molar-refractivity contribution in [3.05, 3.63) is 65.7 Å². The first-order valence-corrected chi connectivity index (χ1v) is 7.01. The van der Waals surface area contributed by atoms with Gasteiger partial charge in [0.2, 0.25) is 5.91 Å². The minimum atomic E-state index is -0.548. The molecule has 2 rings (SSSR count). The quantitative estimate of drug-likeness (QED) is 0.914. The molecule has 0 radical (unpaired) electrons. The molecule has 1 amide bonds. The highest BCUT2D eigenvalue weighted by molar-refractivity contribution is 5.87. The molecule has 0 saturated carbocycles. The summed E-state index contributed by atoms with van der Waals surface area (Å²) in [5, 5.41) is 3.00. The topological polar surface area (TPSA) is 38.3 Å². The highest BCUT2D eigenvalue weighted by atomic mass is 16.5. The van der Waals surface area contributed by atoms with Crippen LogP contribution in [0.1, 0.15) is 25.0 Å². The second-order valence-corrected chi connectivity index (χ2v) is 5.52. The lowest BCUT2D eigenvalue weighted by molar-refractivity contribution is -0.125. The minimum absolute atomic E-state index is 0.0181. The number of methoxy groups -OCH3 is 1. The Balaban J connectivity index is 2.00. The van der Waals surface area contributed by atoms with Crippen LogP contribution in [0.3, 0.4) is 0 Å². The van der Waals surface area contributed by atoms with E-state index in [2.05, 4.69) is 5.32 Å². The van der Waals surface area contributed by atoms with E-state index in [1.807, 2.05) is 68.4 Å². The average Bonchev–Trinajstić information content (AvgIpc) is 2.53. The number of nitrogens with one attached hydrogen (secondary N) is 1. The first-order chi connectivity index (χ1) is 10.0. The molecule has 21 heavy (non-hydrogen) atoms. The maximum Gasteiger partial charge on any atom is 0.230 e. The van der Waals surface area contributed by atoms with E-state index in [1.54, 1.807) is 7.11 Å². The normalized spacial score (nSPS) is 11.0. The third-order valence-corrected chi connectivity index (χ3v) is 3.68. The van der Waals surface area contributed by atoms with Crippen LogP contribution in [0.5, 0.6) is 5.75 Å². The summed E-state index contributed by atoms with van der Waals surface area (Å²) in [6.45, 7) is 4.39. The molecule has 3 nitrogen and oxygen atoms in total. The third kappa shape index (κ3) is 3.63. The second-order valence-electron chi connectivity index (χ2n) is 5.52. The van der Waals surface area contributed by atoms with Crippen LogP contribution >= 0.6 is 0 Å². The van der Waals surface area contributed by atoms with E-state index in [9.17, 15) is 4.79 Å². The van der Waals surface area contributed by atoms with Gasteiger partial charge in [0.15, 0.2) is 0 Å². The number of amides is 1. The van der Waals surface area contributed by atoms with Gasteiger partial charge in [-0.15, -0.1) is 0 Å². The summed E-state index contributed by atoms with van der Waals surface area (Å²) < 4.78 is 5.12. The first kappa shape index (κ1) is 15.1. The molecule has 0 spiro atoms.